The molecule has 0 atom stereocenters. The van der Waals surface area contributed by atoms with E-state index in [2.05, 4.69) is 51.5 Å². The van der Waals surface area contributed by atoms with E-state index in [0.717, 1.165) is 51.1 Å². The molecular formula is C23H30N4O2. The molecule has 3 rings (SSSR count). The van der Waals surface area contributed by atoms with Crippen LogP contribution in [0.4, 0.5) is 0 Å². The van der Waals surface area contributed by atoms with Crippen molar-refractivity contribution in [3.8, 4) is 5.75 Å². The van der Waals surface area contributed by atoms with E-state index in [4.69, 9.17) is 0 Å². The smallest absolute Gasteiger partial charge is 0.254 e. The van der Waals surface area contributed by atoms with Crippen LogP contribution in [0.3, 0.4) is 0 Å². The Morgan fingerprint density at radius 1 is 1.07 bits per heavy atom. The highest BCUT2D eigenvalue weighted by atomic mass is 16.3. The number of hydrogen-bond donors (Lipinski definition) is 2. The number of para-hydroxylation sites is 1. The van der Waals surface area contributed by atoms with Gasteiger partial charge in [-0.2, -0.15) is 5.10 Å². The summed E-state index contributed by atoms with van der Waals surface area (Å²) < 4.78 is 0. The standard InChI is InChI=1S/C23H30N4O2/c1-2-7-20-10-6-11-21(23(20)29)16-24-25-22(28)18-27-14-12-26(13-15-27)17-19-8-4-3-5-9-19/h3-6,8-11,16,29H,2,7,12-15,17-18H2,1H3,(H,25,28)/b24-16-. The first-order valence-corrected chi connectivity index (χ1v) is 10.3. The molecule has 1 amide bonds. The second kappa shape index (κ2) is 10.7. The Morgan fingerprint density at radius 2 is 1.79 bits per heavy atom. The average molecular weight is 395 g/mol. The quantitative estimate of drug-likeness (QED) is 0.534. The number of phenolic OH excluding ortho intramolecular Hbond substituents is 1. The van der Waals surface area contributed by atoms with Gasteiger partial charge in [-0.15, -0.1) is 0 Å². The molecule has 0 radical (unpaired) electrons. The third-order valence-electron chi connectivity index (χ3n) is 5.14. The van der Waals surface area contributed by atoms with Crippen molar-refractivity contribution in [2.24, 2.45) is 5.10 Å². The van der Waals surface area contributed by atoms with E-state index in [1.807, 2.05) is 18.2 Å². The fourth-order valence-corrected chi connectivity index (χ4v) is 3.55. The number of hydrazone groups is 1. The molecular weight excluding hydrogens is 364 g/mol. The van der Waals surface area contributed by atoms with Gasteiger partial charge < -0.3 is 5.11 Å². The monoisotopic (exact) mass is 394 g/mol. The maximum atomic E-state index is 12.2. The molecule has 154 valence electrons. The number of hydrogen-bond acceptors (Lipinski definition) is 5. The number of aromatic hydroxyl groups is 1. The Kier molecular flexibility index (Phi) is 7.78. The van der Waals surface area contributed by atoms with Crippen LogP contribution in [0.15, 0.2) is 53.6 Å². The van der Waals surface area contributed by atoms with E-state index in [1.54, 1.807) is 6.07 Å². The Labute approximate surface area is 172 Å². The molecule has 1 fully saturated rings. The Hall–Kier alpha value is -2.70. The number of aryl methyl sites for hydroxylation is 1. The lowest BCUT2D eigenvalue weighted by molar-refractivity contribution is -0.122. The second-order valence-electron chi connectivity index (χ2n) is 7.44. The number of carbonyl (C=O) groups excluding carboxylic acids is 1. The van der Waals surface area contributed by atoms with E-state index in [0.29, 0.717) is 12.1 Å². The number of nitrogens with zero attached hydrogens (tertiary/aromatic N) is 3. The molecule has 29 heavy (non-hydrogen) atoms. The zero-order valence-corrected chi connectivity index (χ0v) is 17.1. The first-order valence-electron chi connectivity index (χ1n) is 10.3. The minimum absolute atomic E-state index is 0.137. The molecule has 2 aromatic carbocycles. The van der Waals surface area contributed by atoms with E-state index in [9.17, 15) is 9.90 Å². The van der Waals surface area contributed by atoms with E-state index >= 15 is 0 Å². The fraction of sp³-hybridized carbons (Fsp3) is 0.391. The summed E-state index contributed by atoms with van der Waals surface area (Å²) >= 11 is 0. The van der Waals surface area contributed by atoms with E-state index in [-0.39, 0.29) is 11.7 Å². The number of benzene rings is 2. The maximum absolute atomic E-state index is 12.2. The predicted octanol–water partition coefficient (Wildman–Crippen LogP) is 2.61. The molecule has 6 nitrogen and oxygen atoms in total. The third kappa shape index (κ3) is 6.41. The van der Waals surface area contributed by atoms with Crippen molar-refractivity contribution in [1.29, 1.82) is 0 Å². The van der Waals surface area contributed by atoms with Crippen LogP contribution in [-0.2, 0) is 17.8 Å². The summed E-state index contributed by atoms with van der Waals surface area (Å²) in [7, 11) is 0. The summed E-state index contributed by atoms with van der Waals surface area (Å²) in [6.07, 6.45) is 3.28. The lowest BCUT2D eigenvalue weighted by Crippen LogP contribution is -2.48. The van der Waals surface area contributed by atoms with Gasteiger partial charge in [-0.05, 0) is 23.6 Å². The zero-order valence-electron chi connectivity index (χ0n) is 17.1. The average Bonchev–Trinajstić information content (AvgIpc) is 2.73. The minimum atomic E-state index is -0.137. The van der Waals surface area contributed by atoms with Gasteiger partial charge in [-0.25, -0.2) is 5.43 Å². The van der Waals surface area contributed by atoms with Gasteiger partial charge in [-0.1, -0.05) is 55.8 Å². The fourth-order valence-electron chi connectivity index (χ4n) is 3.55. The van der Waals surface area contributed by atoms with Crippen LogP contribution in [0.1, 0.15) is 30.0 Å². The van der Waals surface area contributed by atoms with Crippen molar-refractivity contribution in [2.75, 3.05) is 32.7 Å². The van der Waals surface area contributed by atoms with Gasteiger partial charge >= 0.3 is 0 Å². The molecule has 1 saturated heterocycles. The predicted molar refractivity (Wildman–Crippen MR) is 116 cm³/mol. The Morgan fingerprint density at radius 3 is 2.52 bits per heavy atom. The van der Waals surface area contributed by atoms with Crippen molar-refractivity contribution in [3.05, 3.63) is 65.2 Å². The molecule has 2 N–H and O–H groups in total. The first-order chi connectivity index (χ1) is 14.2. The number of nitrogens with one attached hydrogen (secondary N) is 1. The Bertz CT molecular complexity index is 815. The van der Waals surface area contributed by atoms with Crippen LogP contribution in [0, 0.1) is 0 Å². The van der Waals surface area contributed by atoms with Gasteiger partial charge in [-0.3, -0.25) is 14.6 Å². The van der Waals surface area contributed by atoms with E-state index < -0.39 is 0 Å². The van der Waals surface area contributed by atoms with Crippen molar-refractivity contribution < 1.29 is 9.90 Å². The zero-order chi connectivity index (χ0) is 20.5. The topological polar surface area (TPSA) is 68.2 Å². The lowest BCUT2D eigenvalue weighted by atomic mass is 10.1. The van der Waals surface area contributed by atoms with Gasteiger partial charge in [0, 0.05) is 38.3 Å². The molecule has 1 aliphatic heterocycles. The molecule has 0 saturated carbocycles. The maximum Gasteiger partial charge on any atom is 0.254 e. The molecule has 0 aliphatic carbocycles. The summed E-state index contributed by atoms with van der Waals surface area (Å²) in [5, 5.41) is 14.3. The largest absolute Gasteiger partial charge is 0.507 e. The molecule has 0 bridgehead atoms. The first kappa shape index (κ1) is 21.0. The minimum Gasteiger partial charge on any atom is -0.507 e. The summed E-state index contributed by atoms with van der Waals surface area (Å²) in [5.74, 6) is 0.101. The number of rotatable bonds is 8. The second-order valence-corrected chi connectivity index (χ2v) is 7.44. The van der Waals surface area contributed by atoms with Gasteiger partial charge in [0.15, 0.2) is 0 Å². The summed E-state index contributed by atoms with van der Waals surface area (Å²) in [6, 6.07) is 16.0. The van der Waals surface area contributed by atoms with Gasteiger partial charge in [0.25, 0.3) is 5.91 Å². The van der Waals surface area contributed by atoms with Crippen LogP contribution in [0.25, 0.3) is 0 Å². The van der Waals surface area contributed by atoms with Crippen molar-refractivity contribution in [2.45, 2.75) is 26.3 Å². The normalized spacial score (nSPS) is 15.6. The van der Waals surface area contributed by atoms with Crippen LogP contribution in [0.2, 0.25) is 0 Å². The van der Waals surface area contributed by atoms with Crippen molar-refractivity contribution >= 4 is 12.1 Å². The third-order valence-corrected chi connectivity index (χ3v) is 5.14. The number of amides is 1. The Balaban J connectivity index is 1.41. The molecule has 0 unspecified atom stereocenters. The molecule has 1 aliphatic rings. The summed E-state index contributed by atoms with van der Waals surface area (Å²) in [5.41, 5.74) is 5.41. The number of phenols is 1. The molecule has 6 heteroatoms. The molecule has 2 aromatic rings. The lowest BCUT2D eigenvalue weighted by Gasteiger charge is -2.34. The summed E-state index contributed by atoms with van der Waals surface area (Å²) in [6.45, 7) is 6.98. The van der Waals surface area contributed by atoms with E-state index in [1.165, 1.54) is 11.8 Å². The van der Waals surface area contributed by atoms with Crippen LogP contribution < -0.4 is 5.43 Å². The SMILES string of the molecule is CCCc1cccc(/C=N\NC(=O)CN2CCN(Cc3ccccc3)CC2)c1O. The number of piperazine rings is 1. The highest BCUT2D eigenvalue weighted by Gasteiger charge is 2.18. The molecule has 0 aromatic heterocycles. The van der Waals surface area contributed by atoms with Crippen molar-refractivity contribution in [1.82, 2.24) is 15.2 Å². The van der Waals surface area contributed by atoms with Crippen LogP contribution >= 0.6 is 0 Å². The van der Waals surface area contributed by atoms with Gasteiger partial charge in [0.05, 0.1) is 12.8 Å². The number of carbonyl (C=O) groups is 1. The van der Waals surface area contributed by atoms with Crippen LogP contribution in [0.5, 0.6) is 5.75 Å². The van der Waals surface area contributed by atoms with Gasteiger partial charge in [0.1, 0.15) is 5.75 Å². The van der Waals surface area contributed by atoms with Crippen molar-refractivity contribution in [3.63, 3.8) is 0 Å². The van der Waals surface area contributed by atoms with Crippen LogP contribution in [-0.4, -0.2) is 59.8 Å². The summed E-state index contributed by atoms with van der Waals surface area (Å²) in [4.78, 5) is 16.7. The van der Waals surface area contributed by atoms with Gasteiger partial charge in [0.2, 0.25) is 0 Å². The highest BCUT2D eigenvalue weighted by molar-refractivity contribution is 5.86. The highest BCUT2D eigenvalue weighted by Crippen LogP contribution is 2.22. The molecule has 1 heterocycles. The molecule has 0 spiro atoms.